The Balaban J connectivity index is 2.08. The van der Waals surface area contributed by atoms with Gasteiger partial charge in [-0.2, -0.15) is 0 Å². The molecule has 3 unspecified atom stereocenters. The molecule has 27 heavy (non-hydrogen) atoms. The third-order valence-corrected chi connectivity index (χ3v) is 4.60. The molecule has 0 aromatic carbocycles. The molecule has 2 saturated heterocycles. The molecule has 0 aromatic rings. The first-order chi connectivity index (χ1) is 12.7. The van der Waals surface area contributed by atoms with Crippen molar-refractivity contribution in [1.29, 1.82) is 0 Å². The monoisotopic (exact) mass is 381 g/mol. The number of amides is 5. The zero-order valence-electron chi connectivity index (χ0n) is 15.6. The Morgan fingerprint density at radius 1 is 1.19 bits per heavy atom. The van der Waals surface area contributed by atoms with Gasteiger partial charge in [0, 0.05) is 19.0 Å². The van der Waals surface area contributed by atoms with Crippen LogP contribution in [0.1, 0.15) is 46.0 Å². The third kappa shape index (κ3) is 5.41. The molecule has 10 heteroatoms. The summed E-state index contributed by atoms with van der Waals surface area (Å²) in [5, 5.41) is 7.80. The maximum absolute atomic E-state index is 12.9. The summed E-state index contributed by atoms with van der Waals surface area (Å²) in [5.74, 6) is -2.30. The van der Waals surface area contributed by atoms with Crippen molar-refractivity contribution in [2.75, 3.05) is 6.54 Å². The molecule has 2 aliphatic heterocycles. The topological polar surface area (TPSA) is 151 Å². The van der Waals surface area contributed by atoms with Gasteiger partial charge in [0.2, 0.25) is 29.5 Å². The fourth-order valence-corrected chi connectivity index (χ4v) is 3.37. The van der Waals surface area contributed by atoms with Crippen LogP contribution < -0.4 is 21.7 Å². The van der Waals surface area contributed by atoms with E-state index in [2.05, 4.69) is 16.0 Å². The Morgan fingerprint density at radius 3 is 2.44 bits per heavy atom. The minimum absolute atomic E-state index is 0.0675. The van der Waals surface area contributed by atoms with Crippen LogP contribution in [-0.4, -0.2) is 65.1 Å². The van der Waals surface area contributed by atoms with Gasteiger partial charge in [0.1, 0.15) is 18.1 Å². The summed E-state index contributed by atoms with van der Waals surface area (Å²) >= 11 is 0. The normalized spacial score (nSPS) is 23.1. The molecule has 2 heterocycles. The van der Waals surface area contributed by atoms with Crippen molar-refractivity contribution in [3.05, 3.63) is 0 Å². The average molecular weight is 381 g/mol. The predicted octanol–water partition coefficient (Wildman–Crippen LogP) is -1.86. The van der Waals surface area contributed by atoms with Crippen molar-refractivity contribution in [1.82, 2.24) is 20.9 Å². The molecule has 5 amide bonds. The number of hydrogen-bond acceptors (Lipinski definition) is 5. The number of primary amides is 1. The summed E-state index contributed by atoms with van der Waals surface area (Å²) in [5.41, 5.74) is 5.23. The zero-order valence-corrected chi connectivity index (χ0v) is 15.6. The number of likely N-dealkylation sites (tertiary alicyclic amines) is 1. The number of carbonyl (C=O) groups excluding carboxylic acids is 5. The highest BCUT2D eigenvalue weighted by Crippen LogP contribution is 2.20. The summed E-state index contributed by atoms with van der Waals surface area (Å²) in [6.45, 7) is 4.01. The molecular weight excluding hydrogens is 354 g/mol. The summed E-state index contributed by atoms with van der Waals surface area (Å²) in [6.07, 6.45) is 1.35. The lowest BCUT2D eigenvalue weighted by atomic mass is 10.1. The molecule has 0 saturated carbocycles. The average Bonchev–Trinajstić information content (AvgIpc) is 3.21. The first kappa shape index (κ1) is 20.7. The summed E-state index contributed by atoms with van der Waals surface area (Å²) in [7, 11) is 0. The van der Waals surface area contributed by atoms with Gasteiger partial charge in [-0.15, -0.1) is 0 Å². The molecule has 150 valence electrons. The van der Waals surface area contributed by atoms with Gasteiger partial charge in [-0.25, -0.2) is 0 Å². The van der Waals surface area contributed by atoms with Gasteiger partial charge in [0.25, 0.3) is 0 Å². The van der Waals surface area contributed by atoms with Gasteiger partial charge in [-0.1, -0.05) is 0 Å². The lowest BCUT2D eigenvalue weighted by Crippen LogP contribution is -2.56. The van der Waals surface area contributed by atoms with Crippen molar-refractivity contribution < 1.29 is 24.0 Å². The molecule has 2 rings (SSSR count). The molecule has 2 aliphatic rings. The third-order valence-electron chi connectivity index (χ3n) is 4.60. The molecule has 2 fully saturated rings. The molecule has 0 spiro atoms. The SMILES string of the molecule is CC(C)NC(=O)C1CCCN1C(=O)C(CC(N)=O)NC(=O)C1CCC(=O)N1. The molecule has 5 N–H and O–H groups in total. The number of nitrogens with two attached hydrogens (primary N) is 1. The zero-order chi connectivity index (χ0) is 20.1. The van der Waals surface area contributed by atoms with Crippen molar-refractivity contribution in [2.45, 2.75) is 70.1 Å². The van der Waals surface area contributed by atoms with E-state index in [1.54, 1.807) is 0 Å². The Morgan fingerprint density at radius 2 is 1.89 bits per heavy atom. The maximum Gasteiger partial charge on any atom is 0.246 e. The second-order valence-electron chi connectivity index (χ2n) is 7.24. The van der Waals surface area contributed by atoms with E-state index < -0.39 is 35.8 Å². The Bertz CT molecular complexity index is 635. The summed E-state index contributed by atoms with van der Waals surface area (Å²) in [4.78, 5) is 61.7. The van der Waals surface area contributed by atoms with Crippen molar-refractivity contribution in [3.63, 3.8) is 0 Å². The van der Waals surface area contributed by atoms with E-state index in [9.17, 15) is 24.0 Å². The van der Waals surface area contributed by atoms with E-state index in [0.717, 1.165) is 0 Å². The number of nitrogens with one attached hydrogen (secondary N) is 3. The quantitative estimate of drug-likeness (QED) is 0.408. The van der Waals surface area contributed by atoms with E-state index in [-0.39, 0.29) is 30.7 Å². The first-order valence-electron chi connectivity index (χ1n) is 9.18. The van der Waals surface area contributed by atoms with Crippen molar-refractivity contribution >= 4 is 29.5 Å². The van der Waals surface area contributed by atoms with Crippen LogP contribution in [0.4, 0.5) is 0 Å². The van der Waals surface area contributed by atoms with Gasteiger partial charge in [0.15, 0.2) is 0 Å². The standard InChI is InChI=1S/C17H27N5O5/c1-9(2)19-16(26)12-4-3-7-22(12)17(27)11(8-13(18)23)21-15(25)10-5-6-14(24)20-10/h9-12H,3-8H2,1-2H3,(H2,18,23)(H,19,26)(H,20,24)(H,21,25). The lowest BCUT2D eigenvalue weighted by Gasteiger charge is -2.29. The van der Waals surface area contributed by atoms with Crippen LogP contribution in [-0.2, 0) is 24.0 Å². The molecule has 0 aliphatic carbocycles. The molecule has 0 bridgehead atoms. The van der Waals surface area contributed by atoms with E-state index in [1.165, 1.54) is 4.90 Å². The highest BCUT2D eigenvalue weighted by Gasteiger charge is 2.39. The van der Waals surface area contributed by atoms with E-state index in [4.69, 9.17) is 5.73 Å². The number of nitrogens with zero attached hydrogens (tertiary/aromatic N) is 1. The van der Waals surface area contributed by atoms with Gasteiger partial charge in [0.05, 0.1) is 6.42 Å². The number of carbonyl (C=O) groups is 5. The van der Waals surface area contributed by atoms with E-state index >= 15 is 0 Å². The number of rotatable bonds is 7. The summed E-state index contributed by atoms with van der Waals surface area (Å²) < 4.78 is 0. The minimum atomic E-state index is -1.17. The lowest BCUT2D eigenvalue weighted by molar-refractivity contribution is -0.142. The van der Waals surface area contributed by atoms with Crippen molar-refractivity contribution in [2.24, 2.45) is 5.73 Å². The summed E-state index contributed by atoms with van der Waals surface area (Å²) in [6, 6.07) is -2.61. The van der Waals surface area contributed by atoms with E-state index in [0.29, 0.717) is 25.8 Å². The Labute approximate surface area is 157 Å². The van der Waals surface area contributed by atoms with Crippen LogP contribution in [0, 0.1) is 0 Å². The highest BCUT2D eigenvalue weighted by molar-refractivity contribution is 5.97. The molecule has 3 atom stereocenters. The van der Waals surface area contributed by atoms with Crippen LogP contribution in [0.15, 0.2) is 0 Å². The van der Waals surface area contributed by atoms with E-state index in [1.807, 2.05) is 13.8 Å². The maximum atomic E-state index is 12.9. The van der Waals surface area contributed by atoms with Crippen LogP contribution in [0.25, 0.3) is 0 Å². The molecule has 10 nitrogen and oxygen atoms in total. The number of hydrogen-bond donors (Lipinski definition) is 4. The van der Waals surface area contributed by atoms with Crippen LogP contribution >= 0.6 is 0 Å². The van der Waals surface area contributed by atoms with Gasteiger partial charge < -0.3 is 26.6 Å². The second-order valence-corrected chi connectivity index (χ2v) is 7.24. The van der Waals surface area contributed by atoms with Crippen LogP contribution in [0.5, 0.6) is 0 Å². The fourth-order valence-electron chi connectivity index (χ4n) is 3.37. The molecule has 0 aromatic heterocycles. The van der Waals surface area contributed by atoms with Gasteiger partial charge in [-0.05, 0) is 33.1 Å². The molecule has 0 radical (unpaired) electrons. The predicted molar refractivity (Wildman–Crippen MR) is 94.9 cm³/mol. The Kier molecular flexibility index (Phi) is 6.75. The van der Waals surface area contributed by atoms with Crippen LogP contribution in [0.3, 0.4) is 0 Å². The highest BCUT2D eigenvalue weighted by atomic mass is 16.2. The largest absolute Gasteiger partial charge is 0.370 e. The van der Waals surface area contributed by atoms with Crippen molar-refractivity contribution in [3.8, 4) is 0 Å². The minimum Gasteiger partial charge on any atom is -0.370 e. The first-order valence-corrected chi connectivity index (χ1v) is 9.18. The molecular formula is C17H27N5O5. The smallest absolute Gasteiger partial charge is 0.246 e. The van der Waals surface area contributed by atoms with Crippen LogP contribution in [0.2, 0.25) is 0 Å². The Hall–Kier alpha value is -2.65. The fraction of sp³-hybridized carbons (Fsp3) is 0.706. The van der Waals surface area contributed by atoms with Gasteiger partial charge >= 0.3 is 0 Å². The van der Waals surface area contributed by atoms with Gasteiger partial charge in [-0.3, -0.25) is 24.0 Å². The second kappa shape index (κ2) is 8.83.